The van der Waals surface area contributed by atoms with Crippen LogP contribution >= 0.6 is 0 Å². The Bertz CT molecular complexity index is 812. The first kappa shape index (κ1) is 23.0. The standard InChI is InChI=1S/C24H30N4O2/c1-17(2)23(19-11-7-5-8-12-19)27-25-21(29)15-16-22(30)26-28-24(18(3)4)20-13-9-6-10-14-20/h5-14,17-18H,15-16H2,1-4H3,(H,25,29)(H,26,30)/b27-23-,28-24-. The third-order valence-corrected chi connectivity index (χ3v) is 4.41. The molecular formula is C24H30N4O2. The summed E-state index contributed by atoms with van der Waals surface area (Å²) in [4.78, 5) is 24.3. The molecule has 0 aliphatic heterocycles. The van der Waals surface area contributed by atoms with E-state index < -0.39 is 0 Å². The minimum Gasteiger partial charge on any atom is -0.273 e. The molecule has 0 heterocycles. The lowest BCUT2D eigenvalue weighted by Gasteiger charge is -2.11. The predicted octanol–water partition coefficient (Wildman–Crippen LogP) is 4.12. The molecule has 2 aromatic rings. The molecule has 0 spiro atoms. The topological polar surface area (TPSA) is 82.9 Å². The molecule has 6 heteroatoms. The van der Waals surface area contributed by atoms with Crippen LogP contribution in [0.25, 0.3) is 0 Å². The summed E-state index contributed by atoms with van der Waals surface area (Å²) in [5.74, 6) is -0.318. The van der Waals surface area contributed by atoms with Crippen LogP contribution in [-0.4, -0.2) is 23.2 Å². The van der Waals surface area contributed by atoms with Gasteiger partial charge in [-0.1, -0.05) is 88.4 Å². The maximum absolute atomic E-state index is 12.1. The van der Waals surface area contributed by atoms with E-state index in [-0.39, 0.29) is 36.5 Å². The molecule has 0 saturated heterocycles. The minimum atomic E-state index is -0.310. The summed E-state index contributed by atoms with van der Waals surface area (Å²) in [7, 11) is 0. The van der Waals surface area contributed by atoms with Crippen molar-refractivity contribution >= 4 is 23.2 Å². The van der Waals surface area contributed by atoms with Gasteiger partial charge in [0.1, 0.15) is 0 Å². The van der Waals surface area contributed by atoms with Crippen molar-refractivity contribution in [3.05, 3.63) is 71.8 Å². The molecule has 0 radical (unpaired) electrons. The second kappa shape index (κ2) is 11.7. The molecule has 0 saturated carbocycles. The Balaban J connectivity index is 1.90. The summed E-state index contributed by atoms with van der Waals surface area (Å²) in [6, 6.07) is 19.4. The first-order chi connectivity index (χ1) is 14.4. The van der Waals surface area contributed by atoms with E-state index in [4.69, 9.17) is 0 Å². The molecular weight excluding hydrogens is 376 g/mol. The van der Waals surface area contributed by atoms with Gasteiger partial charge in [0.25, 0.3) is 0 Å². The highest BCUT2D eigenvalue weighted by Crippen LogP contribution is 2.10. The fourth-order valence-corrected chi connectivity index (χ4v) is 2.86. The normalized spacial score (nSPS) is 12.2. The molecule has 0 unspecified atom stereocenters. The number of hydrogen-bond donors (Lipinski definition) is 2. The van der Waals surface area contributed by atoms with Gasteiger partial charge in [-0.25, -0.2) is 10.9 Å². The van der Waals surface area contributed by atoms with Crippen molar-refractivity contribution < 1.29 is 9.59 Å². The molecule has 0 fully saturated rings. The molecule has 0 aromatic heterocycles. The van der Waals surface area contributed by atoms with Crippen molar-refractivity contribution in [1.82, 2.24) is 10.9 Å². The van der Waals surface area contributed by atoms with E-state index in [1.807, 2.05) is 88.4 Å². The number of amides is 2. The summed E-state index contributed by atoms with van der Waals surface area (Å²) >= 11 is 0. The van der Waals surface area contributed by atoms with Crippen LogP contribution in [-0.2, 0) is 9.59 Å². The molecule has 30 heavy (non-hydrogen) atoms. The lowest BCUT2D eigenvalue weighted by molar-refractivity contribution is -0.126. The molecule has 2 aromatic carbocycles. The van der Waals surface area contributed by atoms with Gasteiger partial charge in [0.2, 0.25) is 11.8 Å². The number of carbonyl (C=O) groups is 2. The SMILES string of the molecule is CC(C)/C(=N/NC(=O)CCC(=O)N/N=C(\c1ccccc1)C(C)C)c1ccccc1. The van der Waals surface area contributed by atoms with E-state index in [1.165, 1.54) is 0 Å². The number of nitrogens with one attached hydrogen (secondary N) is 2. The number of nitrogens with zero attached hydrogens (tertiary/aromatic N) is 2. The lowest BCUT2D eigenvalue weighted by atomic mass is 10.0. The Morgan fingerprint density at radius 2 is 1.00 bits per heavy atom. The van der Waals surface area contributed by atoms with Gasteiger partial charge < -0.3 is 0 Å². The van der Waals surface area contributed by atoms with Crippen molar-refractivity contribution in [2.45, 2.75) is 40.5 Å². The zero-order valence-corrected chi connectivity index (χ0v) is 18.1. The van der Waals surface area contributed by atoms with Crippen LogP contribution in [0.5, 0.6) is 0 Å². The Kier molecular flexibility index (Phi) is 8.94. The fraction of sp³-hybridized carbons (Fsp3) is 0.333. The van der Waals surface area contributed by atoms with Gasteiger partial charge >= 0.3 is 0 Å². The number of hydrazone groups is 2. The minimum absolute atomic E-state index is 0.0351. The Morgan fingerprint density at radius 1 is 0.667 bits per heavy atom. The van der Waals surface area contributed by atoms with Crippen LogP contribution in [0, 0.1) is 11.8 Å². The van der Waals surface area contributed by atoms with Gasteiger partial charge in [-0.2, -0.15) is 10.2 Å². The zero-order chi connectivity index (χ0) is 21.9. The van der Waals surface area contributed by atoms with Gasteiger partial charge in [0.05, 0.1) is 11.4 Å². The molecule has 0 bridgehead atoms. The van der Waals surface area contributed by atoms with E-state index in [1.54, 1.807) is 0 Å². The summed E-state index contributed by atoms with van der Waals surface area (Å²) in [5.41, 5.74) is 8.63. The van der Waals surface area contributed by atoms with E-state index in [0.29, 0.717) is 0 Å². The fourth-order valence-electron chi connectivity index (χ4n) is 2.86. The number of rotatable bonds is 9. The van der Waals surface area contributed by atoms with Crippen LogP contribution in [0.3, 0.4) is 0 Å². The maximum atomic E-state index is 12.1. The maximum Gasteiger partial charge on any atom is 0.240 e. The molecule has 0 aliphatic rings. The highest BCUT2D eigenvalue weighted by molar-refractivity contribution is 6.03. The van der Waals surface area contributed by atoms with E-state index >= 15 is 0 Å². The highest BCUT2D eigenvalue weighted by atomic mass is 16.2. The van der Waals surface area contributed by atoms with Crippen molar-refractivity contribution in [2.75, 3.05) is 0 Å². The quantitative estimate of drug-likeness (QED) is 0.485. The summed E-state index contributed by atoms with van der Waals surface area (Å²) < 4.78 is 0. The number of hydrogen-bond acceptors (Lipinski definition) is 4. The molecule has 6 nitrogen and oxygen atoms in total. The van der Waals surface area contributed by atoms with E-state index in [2.05, 4.69) is 21.1 Å². The molecule has 0 atom stereocenters. The van der Waals surface area contributed by atoms with Crippen LogP contribution in [0.2, 0.25) is 0 Å². The zero-order valence-electron chi connectivity index (χ0n) is 18.1. The number of carbonyl (C=O) groups excluding carboxylic acids is 2. The third-order valence-electron chi connectivity index (χ3n) is 4.41. The highest BCUT2D eigenvalue weighted by Gasteiger charge is 2.12. The van der Waals surface area contributed by atoms with Gasteiger partial charge in [0, 0.05) is 12.8 Å². The van der Waals surface area contributed by atoms with Gasteiger partial charge in [-0.15, -0.1) is 0 Å². The average molecular weight is 407 g/mol. The third kappa shape index (κ3) is 7.28. The molecule has 2 N–H and O–H groups in total. The first-order valence-corrected chi connectivity index (χ1v) is 10.2. The second-order valence-electron chi connectivity index (χ2n) is 7.61. The van der Waals surface area contributed by atoms with Crippen LogP contribution in [0.4, 0.5) is 0 Å². The average Bonchev–Trinajstić information content (AvgIpc) is 2.73. The van der Waals surface area contributed by atoms with Crippen molar-refractivity contribution in [3.63, 3.8) is 0 Å². The molecule has 2 rings (SSSR count). The Morgan fingerprint density at radius 3 is 1.30 bits per heavy atom. The predicted molar refractivity (Wildman–Crippen MR) is 121 cm³/mol. The van der Waals surface area contributed by atoms with Gasteiger partial charge in [-0.05, 0) is 23.0 Å². The van der Waals surface area contributed by atoms with Crippen molar-refractivity contribution in [3.8, 4) is 0 Å². The van der Waals surface area contributed by atoms with Crippen LogP contribution in [0.15, 0.2) is 70.9 Å². The number of benzene rings is 2. The van der Waals surface area contributed by atoms with Crippen molar-refractivity contribution in [2.24, 2.45) is 22.0 Å². The van der Waals surface area contributed by atoms with Crippen LogP contribution in [0.1, 0.15) is 51.7 Å². The lowest BCUT2D eigenvalue weighted by Crippen LogP contribution is -2.26. The first-order valence-electron chi connectivity index (χ1n) is 10.2. The van der Waals surface area contributed by atoms with Crippen molar-refractivity contribution in [1.29, 1.82) is 0 Å². The summed E-state index contributed by atoms with van der Waals surface area (Å²) in [6.07, 6.45) is 0.0702. The molecule has 158 valence electrons. The summed E-state index contributed by atoms with van der Waals surface area (Å²) in [6.45, 7) is 8.07. The molecule has 0 aliphatic carbocycles. The van der Waals surface area contributed by atoms with Gasteiger partial charge in [0.15, 0.2) is 0 Å². The largest absolute Gasteiger partial charge is 0.273 e. The van der Waals surface area contributed by atoms with Crippen LogP contribution < -0.4 is 10.9 Å². The second-order valence-corrected chi connectivity index (χ2v) is 7.61. The van der Waals surface area contributed by atoms with Gasteiger partial charge in [-0.3, -0.25) is 9.59 Å². The molecule has 2 amide bonds. The Hall–Kier alpha value is -3.28. The monoisotopic (exact) mass is 406 g/mol. The smallest absolute Gasteiger partial charge is 0.240 e. The van der Waals surface area contributed by atoms with E-state index in [0.717, 1.165) is 22.6 Å². The van der Waals surface area contributed by atoms with E-state index in [9.17, 15) is 9.59 Å². The summed E-state index contributed by atoms with van der Waals surface area (Å²) in [5, 5.41) is 8.53. The Labute approximate surface area is 178 Å².